The van der Waals surface area contributed by atoms with Crippen LogP contribution in [0.1, 0.15) is 44.9 Å². The Balaban J connectivity index is 1.69. The van der Waals surface area contributed by atoms with Crippen LogP contribution in [0.25, 0.3) is 0 Å². The average Bonchev–Trinajstić information content (AvgIpc) is 2.51. The number of para-hydroxylation sites is 2. The maximum absolute atomic E-state index is 6.00. The number of benzene rings is 1. The molecule has 0 amide bonds. The van der Waals surface area contributed by atoms with Crippen molar-refractivity contribution < 1.29 is 0 Å². The molecule has 3 heteroatoms. The highest BCUT2D eigenvalue weighted by atomic mass is 15.2. The molecule has 0 spiro atoms. The van der Waals surface area contributed by atoms with Crippen molar-refractivity contribution in [2.45, 2.75) is 57.0 Å². The van der Waals surface area contributed by atoms with Crippen molar-refractivity contribution >= 4 is 11.4 Å². The second-order valence-electron chi connectivity index (χ2n) is 6.32. The van der Waals surface area contributed by atoms with Crippen LogP contribution in [0.4, 0.5) is 11.4 Å². The van der Waals surface area contributed by atoms with Gasteiger partial charge in [-0.3, -0.25) is 0 Å². The van der Waals surface area contributed by atoms with Crippen molar-refractivity contribution in [1.82, 2.24) is 0 Å². The third-order valence-corrected chi connectivity index (χ3v) is 4.73. The Morgan fingerprint density at radius 2 is 1.65 bits per heavy atom. The molecule has 2 aliphatic rings. The van der Waals surface area contributed by atoms with E-state index in [-0.39, 0.29) is 0 Å². The van der Waals surface area contributed by atoms with Crippen LogP contribution in [0.3, 0.4) is 0 Å². The molecule has 1 saturated heterocycles. The van der Waals surface area contributed by atoms with Gasteiger partial charge in [0.2, 0.25) is 0 Å². The molecular weight excluding hydrogens is 246 g/mol. The highest BCUT2D eigenvalue weighted by Gasteiger charge is 2.20. The van der Waals surface area contributed by atoms with E-state index in [1.54, 1.807) is 0 Å². The highest BCUT2D eigenvalue weighted by molar-refractivity contribution is 5.70. The van der Waals surface area contributed by atoms with E-state index in [0.29, 0.717) is 12.1 Å². The third kappa shape index (κ3) is 3.26. The monoisotopic (exact) mass is 273 g/mol. The number of anilines is 2. The number of nitrogens with two attached hydrogens (primary N) is 1. The summed E-state index contributed by atoms with van der Waals surface area (Å²) in [7, 11) is 0. The molecule has 3 nitrogen and oxygen atoms in total. The van der Waals surface area contributed by atoms with Crippen molar-refractivity contribution in [3.05, 3.63) is 24.3 Å². The fourth-order valence-electron chi connectivity index (χ4n) is 3.49. The maximum atomic E-state index is 6.00. The lowest BCUT2D eigenvalue weighted by Crippen LogP contribution is -2.34. The third-order valence-electron chi connectivity index (χ3n) is 4.73. The Morgan fingerprint density at radius 3 is 2.40 bits per heavy atom. The van der Waals surface area contributed by atoms with Crippen molar-refractivity contribution in [1.29, 1.82) is 0 Å². The minimum atomic E-state index is 0.422. The quantitative estimate of drug-likeness (QED) is 0.887. The zero-order valence-electron chi connectivity index (χ0n) is 12.4. The summed E-state index contributed by atoms with van der Waals surface area (Å²) in [5, 5.41) is 3.77. The maximum Gasteiger partial charge on any atom is 0.0602 e. The van der Waals surface area contributed by atoms with Gasteiger partial charge < -0.3 is 16.0 Å². The average molecular weight is 273 g/mol. The Labute approximate surface area is 122 Å². The first-order chi connectivity index (χ1) is 9.83. The van der Waals surface area contributed by atoms with Crippen LogP contribution in [-0.2, 0) is 0 Å². The van der Waals surface area contributed by atoms with E-state index in [0.717, 1.165) is 12.8 Å². The van der Waals surface area contributed by atoms with Gasteiger partial charge >= 0.3 is 0 Å². The molecule has 1 aliphatic heterocycles. The van der Waals surface area contributed by atoms with E-state index in [1.807, 2.05) is 0 Å². The van der Waals surface area contributed by atoms with Crippen LogP contribution in [0.15, 0.2) is 24.3 Å². The number of hydrogen-bond acceptors (Lipinski definition) is 3. The topological polar surface area (TPSA) is 41.3 Å². The molecule has 3 rings (SSSR count). The van der Waals surface area contributed by atoms with Gasteiger partial charge in [0, 0.05) is 25.2 Å². The standard InChI is InChI=1S/C17H27N3/c18-14-8-10-15(11-9-14)19-16-6-2-3-7-17(16)20-12-4-1-5-13-20/h2-3,6-7,14-15,19H,1,4-5,8-13,18H2. The van der Waals surface area contributed by atoms with Crippen LogP contribution in [-0.4, -0.2) is 25.2 Å². The second-order valence-corrected chi connectivity index (χ2v) is 6.32. The zero-order valence-corrected chi connectivity index (χ0v) is 12.4. The number of nitrogens with one attached hydrogen (secondary N) is 1. The first-order valence-corrected chi connectivity index (χ1v) is 8.19. The van der Waals surface area contributed by atoms with Crippen molar-refractivity contribution in [2.24, 2.45) is 5.73 Å². The molecule has 1 aromatic carbocycles. The minimum absolute atomic E-state index is 0.422. The van der Waals surface area contributed by atoms with Gasteiger partial charge in [0.25, 0.3) is 0 Å². The zero-order chi connectivity index (χ0) is 13.8. The van der Waals surface area contributed by atoms with E-state index < -0.39 is 0 Å². The molecule has 1 heterocycles. The van der Waals surface area contributed by atoms with Gasteiger partial charge in [-0.25, -0.2) is 0 Å². The van der Waals surface area contributed by atoms with Crippen LogP contribution < -0.4 is 16.0 Å². The number of rotatable bonds is 3. The summed E-state index contributed by atoms with van der Waals surface area (Å²) in [6, 6.07) is 9.82. The molecule has 0 unspecified atom stereocenters. The molecular formula is C17H27N3. The Bertz CT molecular complexity index is 418. The summed E-state index contributed by atoms with van der Waals surface area (Å²) >= 11 is 0. The summed E-state index contributed by atoms with van der Waals surface area (Å²) in [6.07, 6.45) is 8.75. The number of nitrogens with zero attached hydrogens (tertiary/aromatic N) is 1. The minimum Gasteiger partial charge on any atom is -0.381 e. The van der Waals surface area contributed by atoms with E-state index in [2.05, 4.69) is 34.5 Å². The molecule has 3 N–H and O–H groups in total. The van der Waals surface area contributed by atoms with Gasteiger partial charge in [-0.2, -0.15) is 0 Å². The molecule has 1 aromatic rings. The highest BCUT2D eigenvalue weighted by Crippen LogP contribution is 2.30. The lowest BCUT2D eigenvalue weighted by atomic mass is 9.91. The van der Waals surface area contributed by atoms with Gasteiger partial charge in [-0.15, -0.1) is 0 Å². The number of hydrogen-bond donors (Lipinski definition) is 2. The van der Waals surface area contributed by atoms with Crippen LogP contribution in [0.5, 0.6) is 0 Å². The fraction of sp³-hybridized carbons (Fsp3) is 0.647. The van der Waals surface area contributed by atoms with E-state index in [1.165, 1.54) is 56.6 Å². The van der Waals surface area contributed by atoms with E-state index >= 15 is 0 Å². The summed E-state index contributed by atoms with van der Waals surface area (Å²) in [4.78, 5) is 2.54. The molecule has 0 bridgehead atoms. The normalized spacial score (nSPS) is 27.4. The van der Waals surface area contributed by atoms with Crippen molar-refractivity contribution in [2.75, 3.05) is 23.3 Å². The molecule has 1 aliphatic carbocycles. The summed E-state index contributed by atoms with van der Waals surface area (Å²) in [5.41, 5.74) is 8.71. The first kappa shape index (κ1) is 13.7. The molecule has 0 radical (unpaired) electrons. The molecule has 20 heavy (non-hydrogen) atoms. The Kier molecular flexibility index (Phi) is 4.46. The van der Waals surface area contributed by atoms with Gasteiger partial charge in [-0.1, -0.05) is 12.1 Å². The summed E-state index contributed by atoms with van der Waals surface area (Å²) < 4.78 is 0. The van der Waals surface area contributed by atoms with Crippen molar-refractivity contribution in [3.8, 4) is 0 Å². The van der Waals surface area contributed by atoms with Gasteiger partial charge in [0.05, 0.1) is 11.4 Å². The van der Waals surface area contributed by atoms with Crippen LogP contribution >= 0.6 is 0 Å². The van der Waals surface area contributed by atoms with E-state index in [4.69, 9.17) is 5.73 Å². The smallest absolute Gasteiger partial charge is 0.0602 e. The predicted molar refractivity (Wildman–Crippen MR) is 86.4 cm³/mol. The molecule has 0 atom stereocenters. The lowest BCUT2D eigenvalue weighted by molar-refractivity contribution is 0.411. The first-order valence-electron chi connectivity index (χ1n) is 8.19. The van der Waals surface area contributed by atoms with Gasteiger partial charge in [0.1, 0.15) is 0 Å². The lowest BCUT2D eigenvalue weighted by Gasteiger charge is -2.33. The van der Waals surface area contributed by atoms with Crippen LogP contribution in [0.2, 0.25) is 0 Å². The number of piperidine rings is 1. The van der Waals surface area contributed by atoms with Crippen LogP contribution in [0, 0.1) is 0 Å². The molecule has 2 fully saturated rings. The Hall–Kier alpha value is -1.22. The summed E-state index contributed by atoms with van der Waals surface area (Å²) in [6.45, 7) is 2.41. The second kappa shape index (κ2) is 6.49. The molecule has 1 saturated carbocycles. The fourth-order valence-corrected chi connectivity index (χ4v) is 3.49. The molecule has 0 aromatic heterocycles. The Morgan fingerprint density at radius 1 is 0.950 bits per heavy atom. The SMILES string of the molecule is NC1CCC(Nc2ccccc2N2CCCCC2)CC1. The summed E-state index contributed by atoms with van der Waals surface area (Å²) in [5.74, 6) is 0. The largest absolute Gasteiger partial charge is 0.381 e. The van der Waals surface area contributed by atoms with Gasteiger partial charge in [0.15, 0.2) is 0 Å². The van der Waals surface area contributed by atoms with Gasteiger partial charge in [-0.05, 0) is 57.1 Å². The predicted octanol–water partition coefficient (Wildman–Crippen LogP) is 3.36. The van der Waals surface area contributed by atoms with Crippen molar-refractivity contribution in [3.63, 3.8) is 0 Å². The molecule has 110 valence electrons. The van der Waals surface area contributed by atoms with E-state index in [9.17, 15) is 0 Å².